The third-order valence-corrected chi connectivity index (χ3v) is 10.6. The van der Waals surface area contributed by atoms with Crippen molar-refractivity contribution < 1.29 is 51.0 Å². The van der Waals surface area contributed by atoms with Gasteiger partial charge in [0.2, 0.25) is 0 Å². The van der Waals surface area contributed by atoms with Crippen LogP contribution in [-0.4, -0.2) is 8.07 Å². The molecule has 1 radical (unpaired) electrons. The summed E-state index contributed by atoms with van der Waals surface area (Å²) >= 11 is 2.03. The molecule has 2 aromatic carbocycles. The minimum atomic E-state index is -0.995. The van der Waals surface area contributed by atoms with Gasteiger partial charge in [-0.25, -0.2) is 0 Å². The summed E-state index contributed by atoms with van der Waals surface area (Å²) in [5.41, 5.74) is 4.20. The number of benzene rings is 1. The van der Waals surface area contributed by atoms with Crippen LogP contribution in [0.5, 0.6) is 0 Å². The summed E-state index contributed by atoms with van der Waals surface area (Å²) in [4.78, 5) is 3.19. The molecule has 0 saturated carbocycles. The van der Waals surface area contributed by atoms with Gasteiger partial charge in [-0.3, -0.25) is 0 Å². The van der Waals surface area contributed by atoms with Gasteiger partial charge in [-0.1, -0.05) is 29.9 Å². The first-order valence-electron chi connectivity index (χ1n) is 7.92. The number of allylic oxidation sites excluding steroid dienone is 1. The van der Waals surface area contributed by atoms with Gasteiger partial charge >= 0.3 is 26.2 Å². The Labute approximate surface area is 187 Å². The first-order chi connectivity index (χ1) is 10.5. The molecule has 0 saturated heterocycles. The summed E-state index contributed by atoms with van der Waals surface area (Å²) < 4.78 is 0. The largest absolute Gasteiger partial charge is 3.00 e. The summed E-state index contributed by atoms with van der Waals surface area (Å²) in [5.74, 6) is 0. The first-order valence-corrected chi connectivity index (χ1v) is 11.8. The molecule has 0 amide bonds. The topological polar surface area (TPSA) is 0 Å². The minimum absolute atomic E-state index is 0. The van der Waals surface area contributed by atoms with Crippen molar-refractivity contribution in [2.75, 3.05) is 0 Å². The Hall–Kier alpha value is -0.0500. The third-order valence-electron chi connectivity index (χ3n) is 5.16. The number of aryl methyl sites for hydroxylation is 1. The van der Waals surface area contributed by atoms with Crippen LogP contribution in [0.1, 0.15) is 27.8 Å². The molecule has 1 unspecified atom stereocenters. The van der Waals surface area contributed by atoms with Gasteiger partial charge in [-0.05, 0) is 25.5 Å². The Balaban J connectivity index is 0.000000234. The van der Waals surface area contributed by atoms with Crippen molar-refractivity contribution in [2.24, 2.45) is 0 Å². The van der Waals surface area contributed by atoms with Crippen LogP contribution in [0.15, 0.2) is 54.1 Å². The van der Waals surface area contributed by atoms with Crippen LogP contribution in [0, 0.1) is 6.92 Å². The average molecular weight is 484 g/mol. The van der Waals surface area contributed by atoms with Gasteiger partial charge in [-0.15, -0.1) is 41.0 Å². The summed E-state index contributed by atoms with van der Waals surface area (Å²) in [6.45, 7) is 9.59. The summed E-state index contributed by atoms with van der Waals surface area (Å²) in [7, 11) is -0.995. The summed E-state index contributed by atoms with van der Waals surface area (Å²) in [6.07, 6.45) is 0. The van der Waals surface area contributed by atoms with E-state index in [2.05, 4.69) is 75.5 Å². The molecular weight excluding hydrogens is 463 g/mol. The molecule has 6 rings (SSSR count). The second-order valence-corrected chi connectivity index (χ2v) is 12.8. The predicted octanol–water partition coefficient (Wildman–Crippen LogP) is 0.292. The number of hydrogen-bond donors (Lipinski definition) is 0. The summed E-state index contributed by atoms with van der Waals surface area (Å²) in [6, 6.07) is 17.1. The molecule has 3 aliphatic rings. The van der Waals surface area contributed by atoms with E-state index in [1.165, 1.54) is 15.6 Å². The standard InChI is InChI=1S/C11H14SSi.C9H7.2ClH.Zr/c1-6-5-8-9(12-6)11-7(2)10(8)13(11,3)4;1-2-5-9-7-3-6-8(9)4-1;;;/h5,11H,1-4H3;1-7H;2*1H;/q;-1;;;+3/p-2. The van der Waals surface area contributed by atoms with E-state index in [4.69, 9.17) is 0 Å². The van der Waals surface area contributed by atoms with Crippen LogP contribution in [0.2, 0.25) is 13.1 Å². The molecule has 0 fully saturated rings. The molecule has 5 heteroatoms. The molecule has 2 aliphatic heterocycles. The van der Waals surface area contributed by atoms with Crippen molar-refractivity contribution in [3.05, 3.63) is 69.4 Å². The van der Waals surface area contributed by atoms with Gasteiger partial charge in [0.15, 0.2) is 0 Å². The van der Waals surface area contributed by atoms with Crippen molar-refractivity contribution in [2.45, 2.75) is 32.5 Å². The van der Waals surface area contributed by atoms with E-state index >= 15 is 0 Å². The molecule has 129 valence electrons. The zero-order chi connectivity index (χ0) is 15.5. The van der Waals surface area contributed by atoms with Crippen molar-refractivity contribution in [1.82, 2.24) is 0 Å². The van der Waals surface area contributed by atoms with Gasteiger partial charge in [0.05, 0.1) is 8.07 Å². The first kappa shape index (κ1) is 23.0. The quantitative estimate of drug-likeness (QED) is 0.319. The number of thiophene rings is 1. The van der Waals surface area contributed by atoms with E-state index < -0.39 is 8.07 Å². The molecular formula is C20H21Cl2SSiZr. The molecule has 2 bridgehead atoms. The van der Waals surface area contributed by atoms with E-state index in [-0.39, 0.29) is 51.0 Å². The van der Waals surface area contributed by atoms with E-state index in [9.17, 15) is 0 Å². The molecule has 0 spiro atoms. The zero-order valence-corrected chi connectivity index (χ0v) is 20.6. The Bertz CT molecular complexity index is 877. The van der Waals surface area contributed by atoms with Crippen molar-refractivity contribution >= 4 is 35.4 Å². The SMILES string of the molecule is CC1=C2c3cc(C)sc3C1[Si]2(C)C.[Cl-].[Cl-].[Zr+3].c1ccc2[cH-]ccc2c1. The molecule has 0 nitrogen and oxygen atoms in total. The molecule has 1 aliphatic carbocycles. The van der Waals surface area contributed by atoms with Crippen LogP contribution in [0.4, 0.5) is 0 Å². The molecule has 25 heavy (non-hydrogen) atoms. The maximum Gasteiger partial charge on any atom is 3.00 e. The van der Waals surface area contributed by atoms with Crippen molar-refractivity contribution in [3.8, 4) is 0 Å². The molecule has 1 aromatic heterocycles. The maximum absolute atomic E-state index is 2.52. The van der Waals surface area contributed by atoms with Crippen LogP contribution >= 0.6 is 11.3 Å². The fourth-order valence-electron chi connectivity index (χ4n) is 4.36. The fourth-order valence-corrected chi connectivity index (χ4v) is 10.8. The Kier molecular flexibility index (Phi) is 7.65. The minimum Gasteiger partial charge on any atom is -1.00 e. The van der Waals surface area contributed by atoms with Gasteiger partial charge in [0.1, 0.15) is 0 Å². The van der Waals surface area contributed by atoms with Crippen molar-refractivity contribution in [1.29, 1.82) is 0 Å². The number of hydrogen-bond acceptors (Lipinski definition) is 1. The second-order valence-electron chi connectivity index (χ2n) is 7.00. The average Bonchev–Trinajstić information content (AvgIpc) is 3.15. The number of halogens is 2. The third kappa shape index (κ3) is 3.56. The van der Waals surface area contributed by atoms with Crippen molar-refractivity contribution in [3.63, 3.8) is 0 Å². The maximum atomic E-state index is 2.52. The van der Waals surface area contributed by atoms with E-state index in [1.54, 1.807) is 21.2 Å². The fraction of sp³-hybridized carbons (Fsp3) is 0.250. The monoisotopic (exact) mass is 481 g/mol. The zero-order valence-electron chi connectivity index (χ0n) is 14.9. The van der Waals surface area contributed by atoms with Crippen LogP contribution < -0.4 is 24.8 Å². The van der Waals surface area contributed by atoms with Gasteiger partial charge in [0, 0.05) is 15.3 Å². The predicted molar refractivity (Wildman–Crippen MR) is 101 cm³/mol. The van der Waals surface area contributed by atoms with Gasteiger partial charge in [-0.2, -0.15) is 17.5 Å². The second kappa shape index (κ2) is 8.31. The Morgan fingerprint density at radius 3 is 2.32 bits per heavy atom. The van der Waals surface area contributed by atoms with E-state index in [1.807, 2.05) is 11.3 Å². The normalized spacial score (nSPS) is 18.0. The Morgan fingerprint density at radius 2 is 1.72 bits per heavy atom. The van der Waals surface area contributed by atoms with E-state index in [0.717, 1.165) is 5.54 Å². The summed E-state index contributed by atoms with van der Waals surface area (Å²) in [5, 5.41) is 4.44. The van der Waals surface area contributed by atoms with Crippen LogP contribution in [-0.2, 0) is 26.2 Å². The Morgan fingerprint density at radius 1 is 1.04 bits per heavy atom. The molecule has 3 aromatic rings. The van der Waals surface area contributed by atoms with E-state index in [0.29, 0.717) is 0 Å². The van der Waals surface area contributed by atoms with Gasteiger partial charge in [0.25, 0.3) is 0 Å². The van der Waals surface area contributed by atoms with Crippen LogP contribution in [0.3, 0.4) is 0 Å². The molecule has 1 atom stereocenters. The number of rotatable bonds is 0. The molecule has 0 N–H and O–H groups in total. The van der Waals surface area contributed by atoms with Crippen LogP contribution in [0.25, 0.3) is 16.0 Å². The smallest absolute Gasteiger partial charge is 1.00 e. The van der Waals surface area contributed by atoms with Gasteiger partial charge < -0.3 is 24.8 Å². The molecule has 3 heterocycles. The number of fused-ring (bicyclic) bond motifs is 1.